The van der Waals surface area contributed by atoms with Crippen LogP contribution in [0.3, 0.4) is 0 Å². The van der Waals surface area contributed by atoms with E-state index in [1.165, 1.54) is 5.56 Å². The smallest absolute Gasteiger partial charge is 0.191 e. The standard InChI is InChI=1S/C20H24N4O/c1-21-20(24-17-6-2-3-7-17)23-14-16-9-11-19(12-10-16)25-15-18-8-4-5-13-22-18/h2-5,8-13,17H,6-7,14-15H2,1H3,(H2,21,23,24). The Bertz CT molecular complexity index is 702. The largest absolute Gasteiger partial charge is 0.487 e. The Balaban J connectivity index is 1.45. The third kappa shape index (κ3) is 5.35. The Morgan fingerprint density at radius 1 is 1.16 bits per heavy atom. The molecule has 5 heteroatoms. The molecule has 0 saturated carbocycles. The van der Waals surface area contributed by atoms with Crippen LogP contribution in [0.25, 0.3) is 0 Å². The molecule has 0 fully saturated rings. The molecule has 0 bridgehead atoms. The van der Waals surface area contributed by atoms with Gasteiger partial charge in [0.15, 0.2) is 5.96 Å². The van der Waals surface area contributed by atoms with E-state index in [0.29, 0.717) is 12.6 Å². The molecule has 0 saturated heterocycles. The summed E-state index contributed by atoms with van der Waals surface area (Å²) in [7, 11) is 1.80. The number of nitrogens with one attached hydrogen (secondary N) is 2. The van der Waals surface area contributed by atoms with Crippen LogP contribution < -0.4 is 15.4 Å². The monoisotopic (exact) mass is 336 g/mol. The molecular formula is C20H24N4O. The number of hydrogen-bond donors (Lipinski definition) is 2. The van der Waals surface area contributed by atoms with Crippen LogP contribution in [0.4, 0.5) is 0 Å². The zero-order chi connectivity index (χ0) is 17.3. The summed E-state index contributed by atoms with van der Waals surface area (Å²) in [6, 6.07) is 14.4. The maximum atomic E-state index is 5.76. The minimum atomic E-state index is 0.452. The molecule has 5 nitrogen and oxygen atoms in total. The second kappa shape index (κ2) is 8.87. The number of aliphatic imine (C=N–C) groups is 1. The van der Waals surface area contributed by atoms with Gasteiger partial charge in [-0.05, 0) is 42.7 Å². The van der Waals surface area contributed by atoms with Crippen LogP contribution in [0.1, 0.15) is 24.1 Å². The number of nitrogens with zero attached hydrogens (tertiary/aromatic N) is 2. The highest BCUT2D eigenvalue weighted by Crippen LogP contribution is 2.14. The van der Waals surface area contributed by atoms with Crippen LogP contribution in [0.2, 0.25) is 0 Å². The van der Waals surface area contributed by atoms with Gasteiger partial charge in [0.25, 0.3) is 0 Å². The van der Waals surface area contributed by atoms with Gasteiger partial charge in [0, 0.05) is 25.8 Å². The number of pyridine rings is 1. The lowest BCUT2D eigenvalue weighted by Crippen LogP contribution is -2.42. The average Bonchev–Trinajstić information content (AvgIpc) is 3.18. The van der Waals surface area contributed by atoms with Crippen molar-refractivity contribution < 1.29 is 4.74 Å². The van der Waals surface area contributed by atoms with Crippen molar-refractivity contribution in [3.8, 4) is 5.75 Å². The normalized spacial score (nSPS) is 14.5. The van der Waals surface area contributed by atoms with Crippen molar-refractivity contribution in [2.45, 2.75) is 32.0 Å². The van der Waals surface area contributed by atoms with E-state index in [9.17, 15) is 0 Å². The first-order chi connectivity index (χ1) is 12.3. The summed E-state index contributed by atoms with van der Waals surface area (Å²) >= 11 is 0. The molecule has 1 aromatic heterocycles. The molecule has 1 aliphatic rings. The molecule has 0 unspecified atom stereocenters. The summed E-state index contributed by atoms with van der Waals surface area (Å²) in [6.07, 6.45) is 8.30. The van der Waals surface area contributed by atoms with E-state index < -0.39 is 0 Å². The van der Waals surface area contributed by atoms with Gasteiger partial charge in [0.2, 0.25) is 0 Å². The highest BCUT2D eigenvalue weighted by molar-refractivity contribution is 5.80. The number of ether oxygens (including phenoxy) is 1. The molecule has 0 radical (unpaired) electrons. The van der Waals surface area contributed by atoms with E-state index in [4.69, 9.17) is 4.74 Å². The Labute approximate surface area is 148 Å². The fourth-order valence-corrected chi connectivity index (χ4v) is 2.65. The summed E-state index contributed by atoms with van der Waals surface area (Å²) in [5, 5.41) is 6.78. The summed E-state index contributed by atoms with van der Waals surface area (Å²) in [5.74, 6) is 1.68. The van der Waals surface area contributed by atoms with Crippen LogP contribution in [-0.4, -0.2) is 24.0 Å². The van der Waals surface area contributed by atoms with Crippen molar-refractivity contribution in [2.24, 2.45) is 4.99 Å². The quantitative estimate of drug-likeness (QED) is 0.484. The Kier molecular flexibility index (Phi) is 6.04. The lowest BCUT2D eigenvalue weighted by Gasteiger charge is -2.17. The summed E-state index contributed by atoms with van der Waals surface area (Å²) in [5.41, 5.74) is 2.10. The predicted molar refractivity (Wildman–Crippen MR) is 101 cm³/mol. The highest BCUT2D eigenvalue weighted by Gasteiger charge is 2.11. The van der Waals surface area contributed by atoms with Crippen LogP contribution in [-0.2, 0) is 13.2 Å². The van der Waals surface area contributed by atoms with Gasteiger partial charge in [-0.2, -0.15) is 0 Å². The fourth-order valence-electron chi connectivity index (χ4n) is 2.65. The highest BCUT2D eigenvalue weighted by atomic mass is 16.5. The summed E-state index contributed by atoms with van der Waals surface area (Å²) in [4.78, 5) is 8.53. The molecule has 0 spiro atoms. The van der Waals surface area contributed by atoms with E-state index in [1.54, 1.807) is 13.2 Å². The third-order valence-electron chi connectivity index (χ3n) is 4.07. The number of benzene rings is 1. The SMILES string of the molecule is CN=C(NCc1ccc(OCc2ccccn2)cc1)NC1CC=CC1. The Hall–Kier alpha value is -2.82. The zero-order valence-electron chi connectivity index (χ0n) is 14.5. The average molecular weight is 336 g/mol. The molecule has 0 aliphatic heterocycles. The summed E-state index contributed by atoms with van der Waals surface area (Å²) < 4.78 is 5.76. The van der Waals surface area contributed by atoms with Crippen LogP contribution >= 0.6 is 0 Å². The van der Waals surface area contributed by atoms with Gasteiger partial charge in [-0.25, -0.2) is 0 Å². The molecule has 1 heterocycles. The lowest BCUT2D eigenvalue weighted by atomic mass is 10.2. The second-order valence-corrected chi connectivity index (χ2v) is 5.96. The van der Waals surface area contributed by atoms with Gasteiger partial charge in [-0.3, -0.25) is 9.98 Å². The molecular weight excluding hydrogens is 312 g/mol. The van der Waals surface area contributed by atoms with Gasteiger partial charge >= 0.3 is 0 Å². The molecule has 2 N–H and O–H groups in total. The van der Waals surface area contributed by atoms with Gasteiger partial charge in [-0.1, -0.05) is 30.4 Å². The molecule has 130 valence electrons. The third-order valence-corrected chi connectivity index (χ3v) is 4.07. The molecule has 1 aliphatic carbocycles. The molecule has 1 aromatic carbocycles. The maximum Gasteiger partial charge on any atom is 0.191 e. The Morgan fingerprint density at radius 3 is 2.64 bits per heavy atom. The van der Waals surface area contributed by atoms with E-state index in [0.717, 1.165) is 36.8 Å². The number of rotatable bonds is 6. The maximum absolute atomic E-state index is 5.76. The van der Waals surface area contributed by atoms with Gasteiger partial charge in [0.05, 0.1) is 5.69 Å². The summed E-state index contributed by atoms with van der Waals surface area (Å²) in [6.45, 7) is 1.20. The van der Waals surface area contributed by atoms with Crippen molar-refractivity contribution in [2.75, 3.05) is 7.05 Å². The van der Waals surface area contributed by atoms with Crippen LogP contribution in [0.5, 0.6) is 5.75 Å². The van der Waals surface area contributed by atoms with Crippen molar-refractivity contribution in [1.82, 2.24) is 15.6 Å². The van der Waals surface area contributed by atoms with E-state index in [-0.39, 0.29) is 0 Å². The molecule has 25 heavy (non-hydrogen) atoms. The first kappa shape index (κ1) is 17.0. The topological polar surface area (TPSA) is 58.5 Å². The van der Waals surface area contributed by atoms with Crippen molar-refractivity contribution in [3.05, 3.63) is 72.1 Å². The predicted octanol–water partition coefficient (Wildman–Crippen LogP) is 3.04. The van der Waals surface area contributed by atoms with Crippen molar-refractivity contribution in [1.29, 1.82) is 0 Å². The fraction of sp³-hybridized carbons (Fsp3) is 0.300. The molecule has 0 amide bonds. The van der Waals surface area contributed by atoms with E-state index >= 15 is 0 Å². The van der Waals surface area contributed by atoms with Crippen molar-refractivity contribution in [3.63, 3.8) is 0 Å². The number of hydrogen-bond acceptors (Lipinski definition) is 3. The van der Waals surface area contributed by atoms with Crippen LogP contribution in [0.15, 0.2) is 65.8 Å². The molecule has 3 rings (SSSR count). The van der Waals surface area contributed by atoms with Crippen molar-refractivity contribution >= 4 is 5.96 Å². The zero-order valence-corrected chi connectivity index (χ0v) is 14.5. The molecule has 2 aromatic rings. The first-order valence-corrected chi connectivity index (χ1v) is 8.57. The molecule has 0 atom stereocenters. The van der Waals surface area contributed by atoms with E-state index in [2.05, 4.69) is 44.9 Å². The Morgan fingerprint density at radius 2 is 1.96 bits per heavy atom. The van der Waals surface area contributed by atoms with Crippen LogP contribution in [0, 0.1) is 0 Å². The van der Waals surface area contributed by atoms with E-state index in [1.807, 2.05) is 30.3 Å². The minimum absolute atomic E-state index is 0.452. The second-order valence-electron chi connectivity index (χ2n) is 5.96. The van der Waals surface area contributed by atoms with Gasteiger partial charge < -0.3 is 15.4 Å². The first-order valence-electron chi connectivity index (χ1n) is 8.57. The number of guanidine groups is 1. The lowest BCUT2D eigenvalue weighted by molar-refractivity contribution is 0.301. The van der Waals surface area contributed by atoms with Gasteiger partial charge in [0.1, 0.15) is 12.4 Å². The minimum Gasteiger partial charge on any atom is -0.487 e. The number of aromatic nitrogens is 1. The van der Waals surface area contributed by atoms with Gasteiger partial charge in [-0.15, -0.1) is 0 Å².